The summed E-state index contributed by atoms with van der Waals surface area (Å²) in [4.78, 5) is 24.3. The molecule has 1 unspecified atom stereocenters. The van der Waals surface area contributed by atoms with Crippen molar-refractivity contribution in [2.45, 2.75) is 97.4 Å². The minimum Gasteiger partial charge on any atom is -0.508 e. The highest BCUT2D eigenvalue weighted by Gasteiger charge is 2.32. The average Bonchev–Trinajstić information content (AvgIpc) is 2.55. The van der Waals surface area contributed by atoms with E-state index in [4.69, 9.17) is 0 Å². The lowest BCUT2D eigenvalue weighted by Crippen LogP contribution is -2.38. The highest BCUT2D eigenvalue weighted by atomic mass is 16.3. The molecule has 0 aliphatic heterocycles. The van der Waals surface area contributed by atoms with E-state index in [2.05, 4.69) is 12.2 Å². The summed E-state index contributed by atoms with van der Waals surface area (Å²) in [5.74, 6) is -0.0868. The second-order valence-corrected chi connectivity index (χ2v) is 9.38. The molecule has 0 heterocycles. The fraction of sp³-hybridized carbons (Fsp3) is 0.652. The van der Waals surface area contributed by atoms with Crippen LogP contribution in [0, 0.1) is 0 Å². The first kappa shape index (κ1) is 23.2. The number of carbonyl (C=O) groups excluding carboxylic acids is 2. The van der Waals surface area contributed by atoms with E-state index >= 15 is 0 Å². The number of hydrogen-bond donors (Lipinski definition) is 2. The van der Waals surface area contributed by atoms with Gasteiger partial charge in [-0.05, 0) is 34.9 Å². The third-order valence-corrected chi connectivity index (χ3v) is 4.72. The van der Waals surface area contributed by atoms with E-state index in [1.54, 1.807) is 12.1 Å². The van der Waals surface area contributed by atoms with Crippen LogP contribution in [0.3, 0.4) is 0 Å². The van der Waals surface area contributed by atoms with Crippen LogP contribution in [0.2, 0.25) is 0 Å². The molecule has 1 radical (unpaired) electrons. The van der Waals surface area contributed by atoms with Gasteiger partial charge >= 0.3 is 0 Å². The van der Waals surface area contributed by atoms with Gasteiger partial charge < -0.3 is 10.4 Å². The number of hydrogen-bond acceptors (Lipinski definition) is 3. The predicted molar refractivity (Wildman–Crippen MR) is 111 cm³/mol. The number of phenols is 1. The Morgan fingerprint density at radius 2 is 1.63 bits per heavy atom. The normalized spacial score (nSPS) is 13.3. The molecule has 151 valence electrons. The van der Waals surface area contributed by atoms with Crippen LogP contribution < -0.4 is 5.32 Å². The van der Waals surface area contributed by atoms with E-state index in [9.17, 15) is 14.7 Å². The molecule has 1 atom stereocenters. The van der Waals surface area contributed by atoms with Crippen molar-refractivity contribution in [3.8, 4) is 5.75 Å². The van der Waals surface area contributed by atoms with Gasteiger partial charge in [0.25, 0.3) is 5.91 Å². The Hall–Kier alpha value is -1.84. The second-order valence-electron chi connectivity index (χ2n) is 9.38. The van der Waals surface area contributed by atoms with Crippen molar-refractivity contribution in [3.63, 3.8) is 0 Å². The van der Waals surface area contributed by atoms with Crippen molar-refractivity contribution in [2.75, 3.05) is 0 Å². The zero-order valence-corrected chi connectivity index (χ0v) is 18.0. The molecule has 0 aromatic heterocycles. The van der Waals surface area contributed by atoms with Crippen molar-refractivity contribution in [2.24, 2.45) is 0 Å². The van der Waals surface area contributed by atoms with Crippen LogP contribution in [0.25, 0.3) is 0 Å². The van der Waals surface area contributed by atoms with Crippen LogP contribution in [-0.4, -0.2) is 23.3 Å². The molecule has 1 rings (SSSR count). The largest absolute Gasteiger partial charge is 0.508 e. The molecular weight excluding hydrogens is 338 g/mol. The van der Waals surface area contributed by atoms with E-state index in [1.807, 2.05) is 47.8 Å². The number of nitrogens with one attached hydrogen (secondary N) is 1. The van der Waals surface area contributed by atoms with Crippen molar-refractivity contribution in [1.82, 2.24) is 5.32 Å². The number of unbranched alkanes of at least 4 members (excludes halogenated alkanes) is 3. The van der Waals surface area contributed by atoms with Gasteiger partial charge in [0.15, 0.2) is 0 Å². The molecule has 1 aromatic rings. The Kier molecular flexibility index (Phi) is 8.06. The predicted octanol–water partition coefficient (Wildman–Crippen LogP) is 5.17. The quantitative estimate of drug-likeness (QED) is 0.617. The molecule has 0 aliphatic carbocycles. The van der Waals surface area contributed by atoms with E-state index in [1.165, 1.54) is 0 Å². The molecular formula is C23H36NO3. The van der Waals surface area contributed by atoms with E-state index < -0.39 is 6.04 Å². The monoisotopic (exact) mass is 374 g/mol. The maximum Gasteiger partial charge on any atom is 0.252 e. The fourth-order valence-electron chi connectivity index (χ4n) is 3.49. The van der Waals surface area contributed by atoms with Gasteiger partial charge in [0.05, 0.1) is 6.04 Å². The van der Waals surface area contributed by atoms with Crippen molar-refractivity contribution in [3.05, 3.63) is 28.8 Å². The molecule has 0 bridgehead atoms. The maximum absolute atomic E-state index is 13.0. The van der Waals surface area contributed by atoms with Crippen molar-refractivity contribution in [1.29, 1.82) is 0 Å². The van der Waals surface area contributed by atoms with Crippen LogP contribution in [0.5, 0.6) is 5.75 Å². The van der Waals surface area contributed by atoms with Gasteiger partial charge in [0, 0.05) is 11.1 Å². The molecule has 27 heavy (non-hydrogen) atoms. The average molecular weight is 375 g/mol. The number of rotatable bonds is 8. The summed E-state index contributed by atoms with van der Waals surface area (Å²) in [6.45, 7) is 14.3. The number of amides is 1. The lowest BCUT2D eigenvalue weighted by atomic mass is 9.72. The minimum atomic E-state index is -0.603. The summed E-state index contributed by atoms with van der Waals surface area (Å²) < 4.78 is 0. The zero-order valence-electron chi connectivity index (χ0n) is 18.0. The summed E-state index contributed by atoms with van der Waals surface area (Å²) in [5, 5.41) is 13.3. The summed E-state index contributed by atoms with van der Waals surface area (Å²) in [6, 6.07) is 2.62. The van der Waals surface area contributed by atoms with E-state index in [-0.39, 0.29) is 22.5 Å². The molecule has 0 spiro atoms. The highest BCUT2D eigenvalue weighted by molar-refractivity contribution is 5.98. The molecule has 4 heteroatoms. The van der Waals surface area contributed by atoms with Crippen LogP contribution in [0.1, 0.15) is 102 Å². The highest BCUT2D eigenvalue weighted by Crippen LogP contribution is 2.41. The SMILES string of the molecule is CCCCCCC([C]=O)NC(=O)c1ccc(O)c(C(C)(C)C)c1C(C)(C)C. The Labute approximate surface area is 164 Å². The lowest BCUT2D eigenvalue weighted by molar-refractivity contribution is 0.0942. The summed E-state index contributed by atoms with van der Waals surface area (Å²) in [7, 11) is 0. The van der Waals surface area contributed by atoms with Gasteiger partial charge in [-0.2, -0.15) is 0 Å². The number of phenolic OH excluding ortho intramolecular Hbond substituents is 1. The maximum atomic E-state index is 13.0. The van der Waals surface area contributed by atoms with Crippen LogP contribution in [0.4, 0.5) is 0 Å². The molecule has 4 nitrogen and oxygen atoms in total. The second kappa shape index (κ2) is 9.38. The Bertz CT molecular complexity index is 651. The first-order valence-electron chi connectivity index (χ1n) is 9.99. The number of aromatic hydroxyl groups is 1. The number of carbonyl (C=O) groups is 1. The summed E-state index contributed by atoms with van der Waals surface area (Å²) in [6.07, 6.45) is 6.75. The Balaban J connectivity index is 3.21. The summed E-state index contributed by atoms with van der Waals surface area (Å²) in [5.41, 5.74) is 1.45. The van der Waals surface area contributed by atoms with Crippen LogP contribution in [-0.2, 0) is 15.6 Å². The molecule has 0 aliphatic rings. The molecule has 1 amide bonds. The van der Waals surface area contributed by atoms with Gasteiger partial charge in [0.2, 0.25) is 6.29 Å². The third-order valence-electron chi connectivity index (χ3n) is 4.72. The zero-order chi connectivity index (χ0) is 20.8. The third kappa shape index (κ3) is 6.37. The Morgan fingerprint density at radius 1 is 1.04 bits per heavy atom. The molecule has 0 saturated carbocycles. The first-order chi connectivity index (χ1) is 12.4. The van der Waals surface area contributed by atoms with Gasteiger partial charge in [-0.15, -0.1) is 0 Å². The fourth-order valence-corrected chi connectivity index (χ4v) is 3.49. The van der Waals surface area contributed by atoms with Gasteiger partial charge in [-0.1, -0.05) is 74.1 Å². The lowest BCUT2D eigenvalue weighted by Gasteiger charge is -2.32. The van der Waals surface area contributed by atoms with Gasteiger partial charge in [-0.25, -0.2) is 0 Å². The molecule has 0 fully saturated rings. The van der Waals surface area contributed by atoms with Crippen LogP contribution >= 0.6 is 0 Å². The summed E-state index contributed by atoms with van der Waals surface area (Å²) >= 11 is 0. The van der Waals surface area contributed by atoms with Crippen molar-refractivity contribution >= 4 is 12.2 Å². The number of benzene rings is 1. The Morgan fingerprint density at radius 3 is 2.11 bits per heavy atom. The van der Waals surface area contributed by atoms with Gasteiger partial charge in [0.1, 0.15) is 5.75 Å². The molecule has 0 saturated heterocycles. The van der Waals surface area contributed by atoms with E-state index in [0.717, 1.165) is 36.8 Å². The molecule has 2 N–H and O–H groups in total. The van der Waals surface area contributed by atoms with Crippen LogP contribution in [0.15, 0.2) is 12.1 Å². The van der Waals surface area contributed by atoms with Crippen molar-refractivity contribution < 1.29 is 14.7 Å². The minimum absolute atomic E-state index is 0.196. The molecule has 1 aromatic carbocycles. The smallest absolute Gasteiger partial charge is 0.252 e. The van der Waals surface area contributed by atoms with E-state index in [0.29, 0.717) is 12.0 Å². The topological polar surface area (TPSA) is 66.4 Å². The van der Waals surface area contributed by atoms with Gasteiger partial charge in [-0.3, -0.25) is 9.59 Å². The first-order valence-corrected chi connectivity index (χ1v) is 9.99. The standard InChI is InChI=1S/C23H36NO3/c1-8-9-10-11-12-16(15-25)24-21(27)17-13-14-18(26)20(23(5,6)7)19(17)22(2,3)4/h13-14,16,26H,8-12H2,1-7H3,(H,24,27).